The fourth-order valence-electron chi connectivity index (χ4n) is 2.02. The highest BCUT2D eigenvalue weighted by atomic mass is 35.5. The van der Waals surface area contributed by atoms with Crippen LogP contribution in [0.2, 0.25) is 0 Å². The van der Waals surface area contributed by atoms with Crippen LogP contribution < -0.4 is 0 Å². The van der Waals surface area contributed by atoms with Crippen LogP contribution in [0.15, 0.2) is 16.3 Å². The smallest absolute Gasteiger partial charge is 0.206 e. The number of nitrogens with zero attached hydrogens (tertiary/aromatic N) is 1. The summed E-state index contributed by atoms with van der Waals surface area (Å²) in [5.41, 5.74) is 0. The first kappa shape index (κ1) is 14.7. The zero-order chi connectivity index (χ0) is 13.3. The van der Waals surface area contributed by atoms with Crippen LogP contribution in [0.3, 0.4) is 0 Å². The van der Waals surface area contributed by atoms with Crippen molar-refractivity contribution < 1.29 is 8.42 Å². The molecule has 2 atom stereocenters. The fourth-order valence-corrected chi connectivity index (χ4v) is 6.77. The van der Waals surface area contributed by atoms with Crippen molar-refractivity contribution in [1.82, 2.24) is 4.31 Å². The Morgan fingerprint density at radius 3 is 2.44 bits per heavy atom. The minimum absolute atomic E-state index is 0.344. The third kappa shape index (κ3) is 3.04. The molecule has 0 N–H and O–H groups in total. The van der Waals surface area contributed by atoms with E-state index in [1.807, 2.05) is 11.8 Å². The molecule has 0 bridgehead atoms. The molecule has 1 fully saturated rings. The molecule has 3 nitrogen and oxygen atoms in total. The van der Waals surface area contributed by atoms with Gasteiger partial charge in [-0.2, -0.15) is 16.1 Å². The SMILES string of the molecule is CC1CN(S(=O)(=O)c2ccc(CCl)s2)CC(C)S1. The molecule has 1 aromatic heterocycles. The lowest BCUT2D eigenvalue weighted by molar-refractivity contribution is 0.406. The second-order valence-corrected chi connectivity index (χ2v) is 9.92. The van der Waals surface area contributed by atoms with Crippen LogP contribution in [0, 0.1) is 0 Å². The summed E-state index contributed by atoms with van der Waals surface area (Å²) in [5, 5.41) is 0.687. The Morgan fingerprint density at radius 1 is 1.33 bits per heavy atom. The van der Waals surface area contributed by atoms with Crippen LogP contribution in [-0.2, 0) is 15.9 Å². The largest absolute Gasteiger partial charge is 0.252 e. The molecule has 0 radical (unpaired) electrons. The van der Waals surface area contributed by atoms with Crippen molar-refractivity contribution in [1.29, 1.82) is 0 Å². The quantitative estimate of drug-likeness (QED) is 0.802. The van der Waals surface area contributed by atoms with E-state index in [-0.39, 0.29) is 0 Å². The zero-order valence-electron chi connectivity index (χ0n) is 10.3. The topological polar surface area (TPSA) is 37.4 Å². The highest BCUT2D eigenvalue weighted by Gasteiger charge is 2.32. The Hall–Kier alpha value is 0.250. The molecule has 0 amide bonds. The average Bonchev–Trinajstić information content (AvgIpc) is 2.76. The molecule has 2 heterocycles. The van der Waals surface area contributed by atoms with E-state index in [0.29, 0.717) is 33.7 Å². The fraction of sp³-hybridized carbons (Fsp3) is 0.636. The summed E-state index contributed by atoms with van der Waals surface area (Å²) >= 11 is 8.83. The second-order valence-electron chi connectivity index (χ2n) is 4.43. The van der Waals surface area contributed by atoms with E-state index in [2.05, 4.69) is 13.8 Å². The Balaban J connectivity index is 2.25. The molecule has 1 aromatic rings. The number of halogens is 1. The van der Waals surface area contributed by atoms with E-state index in [1.54, 1.807) is 16.4 Å². The van der Waals surface area contributed by atoms with Gasteiger partial charge < -0.3 is 0 Å². The van der Waals surface area contributed by atoms with Crippen molar-refractivity contribution in [3.63, 3.8) is 0 Å². The summed E-state index contributed by atoms with van der Waals surface area (Å²) in [7, 11) is -3.34. The Kier molecular flexibility index (Phi) is 4.65. The first-order valence-electron chi connectivity index (χ1n) is 5.73. The number of sulfonamides is 1. The van der Waals surface area contributed by atoms with Gasteiger partial charge in [0, 0.05) is 28.5 Å². The molecular formula is C11H16ClNO2S3. The number of thioether (sulfide) groups is 1. The highest BCUT2D eigenvalue weighted by Crippen LogP contribution is 2.31. The van der Waals surface area contributed by atoms with Gasteiger partial charge in [0.1, 0.15) is 4.21 Å². The molecule has 1 aliphatic heterocycles. The van der Waals surface area contributed by atoms with Crippen molar-refractivity contribution in [2.45, 2.75) is 34.4 Å². The monoisotopic (exact) mass is 325 g/mol. The first-order chi connectivity index (χ1) is 8.43. The molecule has 102 valence electrons. The number of alkyl halides is 1. The zero-order valence-corrected chi connectivity index (χ0v) is 13.5. The van der Waals surface area contributed by atoms with Gasteiger partial charge in [0.25, 0.3) is 10.0 Å². The van der Waals surface area contributed by atoms with Crippen LogP contribution in [0.4, 0.5) is 0 Å². The van der Waals surface area contributed by atoms with E-state index < -0.39 is 10.0 Å². The standard InChI is InChI=1S/C11H16ClNO2S3/c1-8-6-13(7-9(2)16-8)18(14,15)11-4-3-10(5-12)17-11/h3-4,8-9H,5-7H2,1-2H3. The summed E-state index contributed by atoms with van der Waals surface area (Å²) in [5.74, 6) is 0.364. The number of rotatable bonds is 3. The van der Waals surface area contributed by atoms with Crippen molar-refractivity contribution in [2.24, 2.45) is 0 Å². The summed E-state index contributed by atoms with van der Waals surface area (Å²) in [6, 6.07) is 3.45. The maximum atomic E-state index is 12.5. The molecule has 0 aromatic carbocycles. The average molecular weight is 326 g/mol. The van der Waals surface area contributed by atoms with E-state index in [4.69, 9.17) is 11.6 Å². The normalized spacial score (nSPS) is 26.4. The van der Waals surface area contributed by atoms with Crippen molar-refractivity contribution in [2.75, 3.05) is 13.1 Å². The van der Waals surface area contributed by atoms with E-state index in [1.165, 1.54) is 11.3 Å². The van der Waals surface area contributed by atoms with Gasteiger partial charge in [0.15, 0.2) is 0 Å². The second kappa shape index (κ2) is 5.71. The summed E-state index contributed by atoms with van der Waals surface area (Å²) in [6.45, 7) is 5.32. The highest BCUT2D eigenvalue weighted by molar-refractivity contribution is 8.00. The summed E-state index contributed by atoms with van der Waals surface area (Å²) in [6.07, 6.45) is 0. The Morgan fingerprint density at radius 2 is 1.94 bits per heavy atom. The molecule has 0 spiro atoms. The molecule has 1 saturated heterocycles. The molecule has 2 unspecified atom stereocenters. The van der Waals surface area contributed by atoms with Gasteiger partial charge in [-0.3, -0.25) is 0 Å². The van der Waals surface area contributed by atoms with Crippen LogP contribution in [-0.4, -0.2) is 36.3 Å². The molecule has 1 aliphatic rings. The maximum Gasteiger partial charge on any atom is 0.252 e. The van der Waals surface area contributed by atoms with Crippen LogP contribution in [0.25, 0.3) is 0 Å². The van der Waals surface area contributed by atoms with Gasteiger partial charge in [-0.05, 0) is 12.1 Å². The van der Waals surface area contributed by atoms with Crippen molar-refractivity contribution >= 4 is 44.7 Å². The maximum absolute atomic E-state index is 12.5. The van der Waals surface area contributed by atoms with E-state index in [0.717, 1.165) is 4.88 Å². The predicted octanol–water partition coefficient (Wildman–Crippen LogP) is 3.00. The predicted molar refractivity (Wildman–Crippen MR) is 79.1 cm³/mol. The van der Waals surface area contributed by atoms with E-state index >= 15 is 0 Å². The lowest BCUT2D eigenvalue weighted by Crippen LogP contribution is -2.43. The molecular weight excluding hydrogens is 310 g/mol. The van der Waals surface area contributed by atoms with Crippen LogP contribution in [0.1, 0.15) is 18.7 Å². The Bertz CT molecular complexity index is 504. The minimum atomic E-state index is -3.34. The van der Waals surface area contributed by atoms with Gasteiger partial charge in [-0.25, -0.2) is 8.42 Å². The number of thiophene rings is 1. The van der Waals surface area contributed by atoms with Gasteiger partial charge in [-0.15, -0.1) is 22.9 Å². The van der Waals surface area contributed by atoms with Gasteiger partial charge in [-0.1, -0.05) is 13.8 Å². The van der Waals surface area contributed by atoms with Gasteiger partial charge in [0.05, 0.1) is 5.88 Å². The van der Waals surface area contributed by atoms with Crippen molar-refractivity contribution in [3.8, 4) is 0 Å². The molecule has 2 rings (SSSR count). The number of hydrogen-bond donors (Lipinski definition) is 0. The first-order valence-corrected chi connectivity index (χ1v) is 9.47. The third-order valence-electron chi connectivity index (χ3n) is 2.75. The number of hydrogen-bond acceptors (Lipinski definition) is 4. The summed E-state index contributed by atoms with van der Waals surface area (Å²) < 4.78 is 27.0. The van der Waals surface area contributed by atoms with Crippen LogP contribution >= 0.6 is 34.7 Å². The Labute approximate surface area is 122 Å². The van der Waals surface area contributed by atoms with E-state index in [9.17, 15) is 8.42 Å². The van der Waals surface area contributed by atoms with Crippen LogP contribution in [0.5, 0.6) is 0 Å². The summed E-state index contributed by atoms with van der Waals surface area (Å²) in [4.78, 5) is 0.891. The van der Waals surface area contributed by atoms with Crippen molar-refractivity contribution in [3.05, 3.63) is 17.0 Å². The molecule has 18 heavy (non-hydrogen) atoms. The molecule has 0 aliphatic carbocycles. The minimum Gasteiger partial charge on any atom is -0.206 e. The molecule has 7 heteroatoms. The molecule has 0 saturated carbocycles. The third-order valence-corrected chi connectivity index (χ3v) is 7.81. The lowest BCUT2D eigenvalue weighted by Gasteiger charge is -2.33. The lowest BCUT2D eigenvalue weighted by atomic mass is 10.4. The van der Waals surface area contributed by atoms with Gasteiger partial charge in [0.2, 0.25) is 0 Å². The van der Waals surface area contributed by atoms with Gasteiger partial charge >= 0.3 is 0 Å².